The standard InChI is InChI=1S/C17H28O3Si/c1-13-8-10-15(12-18-3)17-11-9-14(2)20-21(17,19-13)16-6-4-5-7-16/h10-11,13-14,16H,4-9,12H2,1-3H3. The molecule has 3 aliphatic rings. The van der Waals surface area contributed by atoms with Crippen LogP contribution in [0.5, 0.6) is 0 Å². The van der Waals surface area contributed by atoms with E-state index in [-0.39, 0.29) is 12.2 Å². The number of hydrogen-bond acceptors (Lipinski definition) is 3. The Balaban J connectivity index is 2.02. The Morgan fingerprint density at radius 1 is 1.10 bits per heavy atom. The Bertz CT molecular complexity index is 439. The van der Waals surface area contributed by atoms with Gasteiger partial charge in [-0.15, -0.1) is 0 Å². The largest absolute Gasteiger partial charge is 0.388 e. The second-order valence-corrected chi connectivity index (χ2v) is 9.92. The predicted octanol–water partition coefficient (Wildman–Crippen LogP) is 4.03. The van der Waals surface area contributed by atoms with Crippen molar-refractivity contribution in [1.29, 1.82) is 0 Å². The molecule has 0 spiro atoms. The molecule has 0 N–H and O–H groups in total. The fourth-order valence-electron chi connectivity index (χ4n) is 4.06. The van der Waals surface area contributed by atoms with E-state index in [2.05, 4.69) is 26.0 Å². The molecule has 21 heavy (non-hydrogen) atoms. The highest BCUT2D eigenvalue weighted by Gasteiger charge is 2.55. The topological polar surface area (TPSA) is 27.7 Å². The van der Waals surface area contributed by atoms with Crippen molar-refractivity contribution in [1.82, 2.24) is 0 Å². The molecule has 2 aliphatic heterocycles. The Morgan fingerprint density at radius 3 is 2.33 bits per heavy atom. The molecule has 0 amide bonds. The second-order valence-electron chi connectivity index (χ2n) is 6.76. The maximum absolute atomic E-state index is 6.67. The molecule has 0 bridgehead atoms. The first kappa shape index (κ1) is 15.5. The summed E-state index contributed by atoms with van der Waals surface area (Å²) in [6.07, 6.45) is 12.4. The fourth-order valence-corrected chi connectivity index (χ4v) is 8.77. The van der Waals surface area contributed by atoms with E-state index in [1.54, 1.807) is 7.11 Å². The summed E-state index contributed by atoms with van der Waals surface area (Å²) < 4.78 is 18.8. The van der Waals surface area contributed by atoms with Gasteiger partial charge in [0, 0.05) is 24.9 Å². The summed E-state index contributed by atoms with van der Waals surface area (Å²) >= 11 is 0. The SMILES string of the molecule is COCC1=CCC(C)O[Si]2(C3CCCC3)OC(C)CC=C12. The van der Waals surface area contributed by atoms with Crippen molar-refractivity contribution in [2.24, 2.45) is 0 Å². The highest BCUT2D eigenvalue weighted by Crippen LogP contribution is 2.49. The highest BCUT2D eigenvalue weighted by atomic mass is 28.4. The van der Waals surface area contributed by atoms with Crippen LogP contribution in [0.4, 0.5) is 0 Å². The Kier molecular flexibility index (Phi) is 4.69. The van der Waals surface area contributed by atoms with Crippen molar-refractivity contribution in [2.75, 3.05) is 13.7 Å². The molecule has 3 atom stereocenters. The quantitative estimate of drug-likeness (QED) is 0.737. The summed E-state index contributed by atoms with van der Waals surface area (Å²) in [7, 11) is -0.551. The molecule has 0 radical (unpaired) electrons. The van der Waals surface area contributed by atoms with Crippen molar-refractivity contribution < 1.29 is 13.6 Å². The summed E-state index contributed by atoms with van der Waals surface area (Å²) in [5.41, 5.74) is 1.94. The zero-order chi connectivity index (χ0) is 14.9. The molecular weight excluding hydrogens is 280 g/mol. The number of rotatable bonds is 3. The van der Waals surface area contributed by atoms with Crippen LogP contribution in [0.15, 0.2) is 22.9 Å². The van der Waals surface area contributed by atoms with Crippen LogP contribution in [-0.2, 0) is 13.6 Å². The minimum absolute atomic E-state index is 0.250. The lowest BCUT2D eigenvalue weighted by Gasteiger charge is -2.43. The van der Waals surface area contributed by atoms with Gasteiger partial charge in [0.2, 0.25) is 0 Å². The molecule has 0 aromatic heterocycles. The monoisotopic (exact) mass is 308 g/mol. The molecule has 0 saturated heterocycles. The lowest BCUT2D eigenvalue weighted by Crippen LogP contribution is -2.54. The first-order valence-corrected chi connectivity index (χ1v) is 10.3. The molecular formula is C17H28O3Si. The number of fused-ring (bicyclic) bond motifs is 1. The predicted molar refractivity (Wildman–Crippen MR) is 86.3 cm³/mol. The van der Waals surface area contributed by atoms with Crippen molar-refractivity contribution in [2.45, 2.75) is 70.1 Å². The summed E-state index contributed by atoms with van der Waals surface area (Å²) in [6.45, 7) is 5.06. The number of methoxy groups -OCH3 is 1. The van der Waals surface area contributed by atoms with E-state index in [4.69, 9.17) is 13.6 Å². The van der Waals surface area contributed by atoms with E-state index in [9.17, 15) is 0 Å². The van der Waals surface area contributed by atoms with E-state index in [0.717, 1.165) is 12.8 Å². The molecule has 4 heteroatoms. The van der Waals surface area contributed by atoms with Gasteiger partial charge in [0.15, 0.2) is 0 Å². The first-order chi connectivity index (χ1) is 10.2. The maximum atomic E-state index is 6.67. The van der Waals surface area contributed by atoms with Gasteiger partial charge >= 0.3 is 8.56 Å². The van der Waals surface area contributed by atoms with Gasteiger partial charge in [-0.05, 0) is 50.3 Å². The number of ether oxygens (including phenoxy) is 1. The molecule has 3 unspecified atom stereocenters. The molecule has 0 aromatic rings. The average Bonchev–Trinajstić information content (AvgIpc) is 2.94. The van der Waals surface area contributed by atoms with Crippen LogP contribution in [0.2, 0.25) is 5.54 Å². The van der Waals surface area contributed by atoms with Gasteiger partial charge in [0.1, 0.15) is 0 Å². The first-order valence-electron chi connectivity index (χ1n) is 8.40. The lowest BCUT2D eigenvalue weighted by atomic mass is 10.1. The second kappa shape index (κ2) is 6.37. The van der Waals surface area contributed by atoms with E-state index in [0.29, 0.717) is 12.1 Å². The minimum Gasteiger partial charge on any atom is -0.388 e. The van der Waals surface area contributed by atoms with Gasteiger partial charge in [-0.2, -0.15) is 0 Å². The molecule has 1 saturated carbocycles. The lowest BCUT2D eigenvalue weighted by molar-refractivity contribution is 0.0881. The summed E-state index contributed by atoms with van der Waals surface area (Å²) in [5, 5.41) is 1.39. The summed E-state index contributed by atoms with van der Waals surface area (Å²) in [4.78, 5) is 0. The fraction of sp³-hybridized carbons (Fsp3) is 0.765. The van der Waals surface area contributed by atoms with Crippen molar-refractivity contribution in [3.05, 3.63) is 22.9 Å². The van der Waals surface area contributed by atoms with Crippen LogP contribution >= 0.6 is 0 Å². The molecule has 3 rings (SSSR count). The third-order valence-electron chi connectivity index (χ3n) is 5.02. The normalized spacial score (nSPS) is 37.7. The zero-order valence-electron chi connectivity index (χ0n) is 13.6. The van der Waals surface area contributed by atoms with Crippen molar-refractivity contribution in [3.63, 3.8) is 0 Å². The van der Waals surface area contributed by atoms with Crippen LogP contribution < -0.4 is 0 Å². The van der Waals surface area contributed by atoms with E-state index >= 15 is 0 Å². The van der Waals surface area contributed by atoms with E-state index < -0.39 is 8.56 Å². The van der Waals surface area contributed by atoms with Gasteiger partial charge in [-0.25, -0.2) is 0 Å². The molecule has 2 heterocycles. The smallest absolute Gasteiger partial charge is 0.376 e. The van der Waals surface area contributed by atoms with Gasteiger partial charge in [0.25, 0.3) is 0 Å². The van der Waals surface area contributed by atoms with Crippen LogP contribution in [0.1, 0.15) is 52.4 Å². The molecule has 118 valence electrons. The van der Waals surface area contributed by atoms with Gasteiger partial charge in [0.05, 0.1) is 6.61 Å². The van der Waals surface area contributed by atoms with E-state index in [1.807, 2.05) is 0 Å². The average molecular weight is 308 g/mol. The zero-order valence-corrected chi connectivity index (χ0v) is 14.6. The van der Waals surface area contributed by atoms with Crippen LogP contribution in [-0.4, -0.2) is 34.5 Å². The van der Waals surface area contributed by atoms with Crippen LogP contribution in [0.3, 0.4) is 0 Å². The van der Waals surface area contributed by atoms with Crippen molar-refractivity contribution in [3.8, 4) is 0 Å². The van der Waals surface area contributed by atoms with Gasteiger partial charge < -0.3 is 13.6 Å². The molecule has 1 aliphatic carbocycles. The molecule has 1 fully saturated rings. The Labute approximate surface area is 129 Å². The minimum atomic E-state index is -2.33. The van der Waals surface area contributed by atoms with Gasteiger partial charge in [-0.3, -0.25) is 0 Å². The molecule has 0 aromatic carbocycles. The highest BCUT2D eigenvalue weighted by molar-refractivity contribution is 6.77. The van der Waals surface area contributed by atoms with Crippen molar-refractivity contribution >= 4 is 8.56 Å². The number of hydrogen-bond donors (Lipinski definition) is 0. The van der Waals surface area contributed by atoms with Crippen LogP contribution in [0, 0.1) is 0 Å². The Hall–Kier alpha value is -0.423. The van der Waals surface area contributed by atoms with Gasteiger partial charge in [-0.1, -0.05) is 25.0 Å². The van der Waals surface area contributed by atoms with E-state index in [1.165, 1.54) is 36.5 Å². The summed E-state index contributed by atoms with van der Waals surface area (Å²) in [5.74, 6) is 0. The van der Waals surface area contributed by atoms with Crippen LogP contribution in [0.25, 0.3) is 0 Å². The maximum Gasteiger partial charge on any atom is 0.376 e. The summed E-state index contributed by atoms with van der Waals surface area (Å²) in [6, 6.07) is 0. The third kappa shape index (κ3) is 2.91. The Morgan fingerprint density at radius 2 is 1.71 bits per heavy atom. The molecule has 3 nitrogen and oxygen atoms in total. The third-order valence-corrected chi connectivity index (χ3v) is 9.45.